The molecule has 2 N–H and O–H groups in total. The van der Waals surface area contributed by atoms with E-state index in [1.807, 2.05) is 11.8 Å². The molecule has 0 aliphatic carbocycles. The zero-order valence-electron chi connectivity index (χ0n) is 10.6. The van der Waals surface area contributed by atoms with Gasteiger partial charge in [0.1, 0.15) is 6.04 Å². The summed E-state index contributed by atoms with van der Waals surface area (Å²) >= 11 is 1.99. The highest BCUT2D eigenvalue weighted by Crippen LogP contribution is 2.42. The van der Waals surface area contributed by atoms with Gasteiger partial charge in [0, 0.05) is 18.4 Å². The van der Waals surface area contributed by atoms with Gasteiger partial charge in [-0.2, -0.15) is 11.8 Å². The maximum absolute atomic E-state index is 11.0. The molecule has 0 aromatic rings. The van der Waals surface area contributed by atoms with Gasteiger partial charge in [-0.1, -0.05) is 0 Å². The van der Waals surface area contributed by atoms with Crippen molar-refractivity contribution in [3.05, 3.63) is 0 Å². The fraction of sp³-hybridized carbons (Fsp3) is 0.923. The molecule has 0 bridgehead atoms. The minimum absolute atomic E-state index is 0.108. The largest absolute Gasteiger partial charge is 0.480 e. The maximum atomic E-state index is 11.0. The van der Waals surface area contributed by atoms with Crippen molar-refractivity contribution in [3.8, 4) is 0 Å². The molecule has 5 heteroatoms. The Balaban J connectivity index is 1.61. The molecule has 3 aliphatic rings. The predicted molar refractivity (Wildman–Crippen MR) is 70.9 cm³/mol. The number of nitrogens with one attached hydrogen (secondary N) is 1. The van der Waals surface area contributed by atoms with E-state index in [1.165, 1.54) is 12.2 Å². The fourth-order valence-electron chi connectivity index (χ4n) is 3.61. The van der Waals surface area contributed by atoms with Gasteiger partial charge in [-0.15, -0.1) is 0 Å². The highest BCUT2D eigenvalue weighted by molar-refractivity contribution is 7.99. The van der Waals surface area contributed by atoms with Crippen molar-refractivity contribution < 1.29 is 14.6 Å². The van der Waals surface area contributed by atoms with Gasteiger partial charge in [-0.25, -0.2) is 0 Å². The van der Waals surface area contributed by atoms with E-state index in [1.54, 1.807) is 0 Å². The van der Waals surface area contributed by atoms with Crippen LogP contribution in [0.15, 0.2) is 0 Å². The van der Waals surface area contributed by atoms with Gasteiger partial charge in [0.05, 0.1) is 5.60 Å². The van der Waals surface area contributed by atoms with Crippen molar-refractivity contribution in [1.29, 1.82) is 0 Å². The Bertz CT molecular complexity index is 330. The smallest absolute Gasteiger partial charge is 0.320 e. The summed E-state index contributed by atoms with van der Waals surface area (Å²) in [7, 11) is 0. The molecule has 0 saturated carbocycles. The summed E-state index contributed by atoms with van der Waals surface area (Å²) in [6.07, 6.45) is 5.15. The quantitative estimate of drug-likeness (QED) is 0.797. The van der Waals surface area contributed by atoms with E-state index < -0.39 is 5.97 Å². The molecule has 102 valence electrons. The van der Waals surface area contributed by atoms with Crippen molar-refractivity contribution in [2.75, 3.05) is 18.1 Å². The van der Waals surface area contributed by atoms with Crippen LogP contribution in [-0.4, -0.2) is 46.9 Å². The normalized spacial score (nSPS) is 44.6. The first kappa shape index (κ1) is 12.8. The van der Waals surface area contributed by atoms with Crippen LogP contribution in [0.25, 0.3) is 0 Å². The van der Waals surface area contributed by atoms with E-state index in [4.69, 9.17) is 9.84 Å². The third-order valence-electron chi connectivity index (χ3n) is 4.65. The first-order chi connectivity index (χ1) is 8.69. The minimum atomic E-state index is -0.698. The Morgan fingerprint density at radius 3 is 2.94 bits per heavy atom. The lowest BCUT2D eigenvalue weighted by atomic mass is 9.81. The van der Waals surface area contributed by atoms with E-state index >= 15 is 0 Å². The third-order valence-corrected chi connectivity index (χ3v) is 5.87. The lowest BCUT2D eigenvalue weighted by Gasteiger charge is -2.40. The Labute approximate surface area is 112 Å². The molecule has 3 rings (SSSR count). The van der Waals surface area contributed by atoms with Crippen molar-refractivity contribution in [1.82, 2.24) is 5.32 Å². The number of aliphatic carboxylic acids is 1. The zero-order valence-corrected chi connectivity index (χ0v) is 11.4. The van der Waals surface area contributed by atoms with Gasteiger partial charge in [0.25, 0.3) is 0 Å². The molecule has 4 unspecified atom stereocenters. The van der Waals surface area contributed by atoms with Gasteiger partial charge in [-0.3, -0.25) is 4.79 Å². The SMILES string of the molecule is O=C(O)C1CCC(C2CCOC3(CCSC3)C2)N1. The van der Waals surface area contributed by atoms with E-state index in [9.17, 15) is 4.79 Å². The Hall–Kier alpha value is -0.260. The molecule has 4 nitrogen and oxygen atoms in total. The van der Waals surface area contributed by atoms with Crippen LogP contribution >= 0.6 is 11.8 Å². The number of ether oxygens (including phenoxy) is 1. The lowest BCUT2D eigenvalue weighted by Crippen LogP contribution is -2.47. The van der Waals surface area contributed by atoms with Gasteiger partial charge in [-0.05, 0) is 43.8 Å². The number of carboxylic acid groups (broad SMARTS) is 1. The first-order valence-corrected chi connectivity index (χ1v) is 8.05. The number of thioether (sulfide) groups is 1. The van der Waals surface area contributed by atoms with Crippen molar-refractivity contribution in [2.45, 2.75) is 49.8 Å². The topological polar surface area (TPSA) is 58.6 Å². The second-order valence-electron chi connectivity index (χ2n) is 5.83. The van der Waals surface area contributed by atoms with Gasteiger partial charge < -0.3 is 15.2 Å². The molecule has 0 amide bonds. The summed E-state index contributed by atoms with van der Waals surface area (Å²) in [5.74, 6) is 2.23. The Morgan fingerprint density at radius 1 is 1.39 bits per heavy atom. The van der Waals surface area contributed by atoms with Crippen LogP contribution in [0, 0.1) is 5.92 Å². The summed E-state index contributed by atoms with van der Waals surface area (Å²) in [5.41, 5.74) is 0.108. The van der Waals surface area contributed by atoms with Crippen molar-refractivity contribution >= 4 is 17.7 Å². The van der Waals surface area contributed by atoms with Crippen LogP contribution in [0.5, 0.6) is 0 Å². The third kappa shape index (κ3) is 2.40. The number of rotatable bonds is 2. The second-order valence-corrected chi connectivity index (χ2v) is 6.93. The molecule has 3 saturated heterocycles. The van der Waals surface area contributed by atoms with Crippen LogP contribution in [-0.2, 0) is 9.53 Å². The van der Waals surface area contributed by atoms with E-state index in [0.717, 1.165) is 38.0 Å². The molecule has 0 aromatic carbocycles. The van der Waals surface area contributed by atoms with E-state index in [-0.39, 0.29) is 11.6 Å². The highest BCUT2D eigenvalue weighted by Gasteiger charge is 2.44. The van der Waals surface area contributed by atoms with Crippen molar-refractivity contribution in [2.24, 2.45) is 5.92 Å². The maximum Gasteiger partial charge on any atom is 0.320 e. The standard InChI is InChI=1S/C13H21NO3S/c15-12(16)11-2-1-10(14-11)9-3-5-17-13(7-9)4-6-18-8-13/h9-11,14H,1-8H2,(H,15,16). The van der Waals surface area contributed by atoms with Gasteiger partial charge >= 0.3 is 5.97 Å². The summed E-state index contributed by atoms with van der Waals surface area (Å²) < 4.78 is 6.03. The molecule has 3 fully saturated rings. The summed E-state index contributed by atoms with van der Waals surface area (Å²) in [6.45, 7) is 0.848. The monoisotopic (exact) mass is 271 g/mol. The van der Waals surface area contributed by atoms with Crippen LogP contribution in [0.1, 0.15) is 32.1 Å². The van der Waals surface area contributed by atoms with Crippen molar-refractivity contribution in [3.63, 3.8) is 0 Å². The molecular formula is C13H21NO3S. The molecule has 0 radical (unpaired) electrons. The van der Waals surface area contributed by atoms with Gasteiger partial charge in [0.15, 0.2) is 0 Å². The average Bonchev–Trinajstić information content (AvgIpc) is 2.98. The molecule has 18 heavy (non-hydrogen) atoms. The Kier molecular flexibility index (Phi) is 3.56. The van der Waals surface area contributed by atoms with Gasteiger partial charge in [0.2, 0.25) is 0 Å². The second kappa shape index (κ2) is 5.02. The predicted octanol–water partition coefficient (Wildman–Crippen LogP) is 1.49. The summed E-state index contributed by atoms with van der Waals surface area (Å²) in [6, 6.07) is 0.0595. The Morgan fingerprint density at radius 2 is 2.28 bits per heavy atom. The van der Waals surface area contributed by atoms with Crippen LogP contribution < -0.4 is 5.32 Å². The van der Waals surface area contributed by atoms with E-state index in [0.29, 0.717) is 12.0 Å². The van der Waals surface area contributed by atoms with Crippen LogP contribution in [0.2, 0.25) is 0 Å². The summed E-state index contributed by atoms with van der Waals surface area (Å²) in [5, 5.41) is 12.3. The van der Waals surface area contributed by atoms with E-state index in [2.05, 4.69) is 5.32 Å². The molecule has 3 aliphatic heterocycles. The molecule has 0 aromatic heterocycles. The molecule has 1 spiro atoms. The first-order valence-electron chi connectivity index (χ1n) is 6.89. The zero-order chi connectivity index (χ0) is 12.6. The molecule has 4 atom stereocenters. The van der Waals surface area contributed by atoms with Crippen LogP contribution in [0.4, 0.5) is 0 Å². The molecular weight excluding hydrogens is 250 g/mol. The number of carbonyl (C=O) groups is 1. The highest BCUT2D eigenvalue weighted by atomic mass is 32.2. The summed E-state index contributed by atoms with van der Waals surface area (Å²) in [4.78, 5) is 11.0. The number of hydrogen-bond donors (Lipinski definition) is 2. The van der Waals surface area contributed by atoms with Crippen LogP contribution in [0.3, 0.4) is 0 Å². The lowest BCUT2D eigenvalue weighted by molar-refractivity contribution is -0.139. The fourth-order valence-corrected chi connectivity index (χ4v) is 4.99. The number of hydrogen-bond acceptors (Lipinski definition) is 4. The molecule has 3 heterocycles. The minimum Gasteiger partial charge on any atom is -0.480 e. The number of carboxylic acids is 1. The average molecular weight is 271 g/mol.